The van der Waals surface area contributed by atoms with Crippen LogP contribution in [0.25, 0.3) is 10.9 Å². The fraction of sp³-hybridized carbons (Fsp3) is 0.474. The van der Waals surface area contributed by atoms with Gasteiger partial charge >= 0.3 is 0 Å². The van der Waals surface area contributed by atoms with Gasteiger partial charge in [0, 0.05) is 30.7 Å². The van der Waals surface area contributed by atoms with Crippen LogP contribution in [0, 0.1) is 6.92 Å². The van der Waals surface area contributed by atoms with E-state index in [2.05, 4.69) is 15.2 Å². The summed E-state index contributed by atoms with van der Waals surface area (Å²) < 4.78 is 0. The number of aryl methyl sites for hydroxylation is 1. The molecule has 2 N–H and O–H groups in total. The van der Waals surface area contributed by atoms with Gasteiger partial charge in [0.15, 0.2) is 0 Å². The first kappa shape index (κ1) is 16.9. The molecule has 0 spiro atoms. The summed E-state index contributed by atoms with van der Waals surface area (Å²) in [5.74, 6) is -0.0623. The van der Waals surface area contributed by atoms with Gasteiger partial charge in [0.2, 0.25) is 0 Å². The lowest BCUT2D eigenvalue weighted by Gasteiger charge is -2.29. The van der Waals surface area contributed by atoms with E-state index in [0.29, 0.717) is 12.1 Å². The molecule has 24 heavy (non-hydrogen) atoms. The minimum atomic E-state index is -0.136. The number of benzene rings is 1. The monoisotopic (exact) mass is 327 g/mol. The number of aliphatic hydroxyl groups is 1. The number of carbonyl (C=O) groups is 1. The molecule has 1 aliphatic rings. The molecule has 2 aromatic rings. The molecule has 5 heteroatoms. The van der Waals surface area contributed by atoms with Crippen molar-refractivity contribution in [3.8, 4) is 0 Å². The minimum absolute atomic E-state index is 0.0623. The van der Waals surface area contributed by atoms with Gasteiger partial charge in [-0.3, -0.25) is 9.78 Å². The second-order valence-electron chi connectivity index (χ2n) is 6.51. The van der Waals surface area contributed by atoms with Gasteiger partial charge < -0.3 is 15.3 Å². The molecule has 1 amide bonds. The standard InChI is InChI=1S/C19H25N3O2/c1-14-6-7-15-4-2-5-17(18(15)21-14)19(24)20-10-3-11-22-12-8-16(23)9-13-22/h2,4-7,16,23H,3,8-13H2,1H3,(H,20,24). The van der Waals surface area contributed by atoms with Crippen molar-refractivity contribution < 1.29 is 9.90 Å². The number of pyridine rings is 1. The first-order valence-corrected chi connectivity index (χ1v) is 8.68. The third-order valence-corrected chi connectivity index (χ3v) is 4.60. The quantitative estimate of drug-likeness (QED) is 0.826. The van der Waals surface area contributed by atoms with E-state index in [0.717, 1.165) is 55.5 Å². The Hall–Kier alpha value is -1.98. The Morgan fingerprint density at radius 3 is 2.88 bits per heavy atom. The molecule has 1 fully saturated rings. The molecular formula is C19H25N3O2. The zero-order valence-electron chi connectivity index (χ0n) is 14.2. The van der Waals surface area contributed by atoms with E-state index in [4.69, 9.17) is 0 Å². The lowest BCUT2D eigenvalue weighted by molar-refractivity contribution is 0.0816. The van der Waals surface area contributed by atoms with Crippen LogP contribution in [0.15, 0.2) is 30.3 Å². The van der Waals surface area contributed by atoms with E-state index < -0.39 is 0 Å². The summed E-state index contributed by atoms with van der Waals surface area (Å²) in [6.07, 6.45) is 2.49. The summed E-state index contributed by atoms with van der Waals surface area (Å²) in [6, 6.07) is 9.66. The number of likely N-dealkylation sites (tertiary alicyclic amines) is 1. The van der Waals surface area contributed by atoms with Crippen LogP contribution in [0.4, 0.5) is 0 Å². The first-order chi connectivity index (χ1) is 11.6. The number of carbonyl (C=O) groups excluding carboxylic acids is 1. The molecular weight excluding hydrogens is 302 g/mol. The number of aromatic nitrogens is 1. The molecule has 2 heterocycles. The van der Waals surface area contributed by atoms with Crippen molar-refractivity contribution in [1.29, 1.82) is 0 Å². The maximum atomic E-state index is 12.5. The first-order valence-electron chi connectivity index (χ1n) is 8.68. The molecule has 1 aromatic heterocycles. The maximum absolute atomic E-state index is 12.5. The van der Waals surface area contributed by atoms with Gasteiger partial charge in [0.05, 0.1) is 17.2 Å². The molecule has 3 rings (SSSR count). The summed E-state index contributed by atoms with van der Waals surface area (Å²) in [6.45, 7) is 5.44. The number of nitrogens with one attached hydrogen (secondary N) is 1. The summed E-state index contributed by atoms with van der Waals surface area (Å²) in [5.41, 5.74) is 2.31. The predicted molar refractivity (Wildman–Crippen MR) is 95.1 cm³/mol. The van der Waals surface area contributed by atoms with Crippen LogP contribution >= 0.6 is 0 Å². The highest BCUT2D eigenvalue weighted by Crippen LogP contribution is 2.17. The van der Waals surface area contributed by atoms with E-state index in [-0.39, 0.29) is 12.0 Å². The highest BCUT2D eigenvalue weighted by molar-refractivity contribution is 6.05. The van der Waals surface area contributed by atoms with Crippen molar-refractivity contribution in [2.24, 2.45) is 0 Å². The third-order valence-electron chi connectivity index (χ3n) is 4.60. The lowest BCUT2D eigenvalue weighted by atomic mass is 10.1. The molecule has 1 aliphatic heterocycles. The normalized spacial score (nSPS) is 16.4. The highest BCUT2D eigenvalue weighted by Gasteiger charge is 2.16. The second kappa shape index (κ2) is 7.73. The lowest BCUT2D eigenvalue weighted by Crippen LogP contribution is -2.37. The molecule has 0 bridgehead atoms. The SMILES string of the molecule is Cc1ccc2cccc(C(=O)NCCCN3CCC(O)CC3)c2n1. The topological polar surface area (TPSA) is 65.5 Å². The number of aliphatic hydroxyl groups excluding tert-OH is 1. The minimum Gasteiger partial charge on any atom is -0.393 e. The molecule has 0 unspecified atom stereocenters. The van der Waals surface area contributed by atoms with Gasteiger partial charge in [0.25, 0.3) is 5.91 Å². The third kappa shape index (κ3) is 4.10. The molecule has 1 aromatic carbocycles. The largest absolute Gasteiger partial charge is 0.393 e. The molecule has 5 nitrogen and oxygen atoms in total. The van der Waals surface area contributed by atoms with Crippen molar-refractivity contribution >= 4 is 16.8 Å². The molecule has 0 aliphatic carbocycles. The number of piperidine rings is 1. The predicted octanol–water partition coefficient (Wildman–Crippen LogP) is 2.12. The van der Waals surface area contributed by atoms with E-state index in [1.54, 1.807) is 0 Å². The van der Waals surface area contributed by atoms with E-state index >= 15 is 0 Å². The number of amides is 1. The molecule has 0 saturated carbocycles. The summed E-state index contributed by atoms with van der Waals surface area (Å²) in [7, 11) is 0. The Morgan fingerprint density at radius 2 is 2.08 bits per heavy atom. The van der Waals surface area contributed by atoms with Crippen LogP contribution in [0.1, 0.15) is 35.3 Å². The Bertz CT molecular complexity index is 709. The van der Waals surface area contributed by atoms with Gasteiger partial charge in [-0.05, 0) is 44.9 Å². The number of hydrogen-bond acceptors (Lipinski definition) is 4. The van der Waals surface area contributed by atoms with Crippen molar-refractivity contribution in [3.63, 3.8) is 0 Å². The number of rotatable bonds is 5. The van der Waals surface area contributed by atoms with Crippen LogP contribution in [0.5, 0.6) is 0 Å². The van der Waals surface area contributed by atoms with Gasteiger partial charge in [-0.15, -0.1) is 0 Å². The van der Waals surface area contributed by atoms with Crippen LogP contribution in [0.2, 0.25) is 0 Å². The summed E-state index contributed by atoms with van der Waals surface area (Å²) >= 11 is 0. The number of nitrogens with zero attached hydrogens (tertiary/aromatic N) is 2. The fourth-order valence-corrected chi connectivity index (χ4v) is 3.17. The molecule has 128 valence electrons. The molecule has 0 atom stereocenters. The fourth-order valence-electron chi connectivity index (χ4n) is 3.17. The van der Waals surface area contributed by atoms with Gasteiger partial charge in [-0.2, -0.15) is 0 Å². The summed E-state index contributed by atoms with van der Waals surface area (Å²) in [5, 5.41) is 13.5. The van der Waals surface area contributed by atoms with Crippen molar-refractivity contribution in [3.05, 3.63) is 41.6 Å². The second-order valence-corrected chi connectivity index (χ2v) is 6.51. The van der Waals surface area contributed by atoms with E-state index in [1.807, 2.05) is 37.3 Å². The number of para-hydroxylation sites is 1. The highest BCUT2D eigenvalue weighted by atomic mass is 16.3. The maximum Gasteiger partial charge on any atom is 0.253 e. The average molecular weight is 327 g/mol. The zero-order chi connectivity index (χ0) is 16.9. The zero-order valence-corrected chi connectivity index (χ0v) is 14.2. The smallest absolute Gasteiger partial charge is 0.253 e. The van der Waals surface area contributed by atoms with Crippen LogP contribution < -0.4 is 5.32 Å². The van der Waals surface area contributed by atoms with Crippen LogP contribution in [-0.2, 0) is 0 Å². The number of hydrogen-bond donors (Lipinski definition) is 2. The average Bonchev–Trinajstić information content (AvgIpc) is 2.59. The Balaban J connectivity index is 1.53. The molecule has 0 radical (unpaired) electrons. The van der Waals surface area contributed by atoms with Gasteiger partial charge in [-0.25, -0.2) is 0 Å². The Labute approximate surface area is 142 Å². The van der Waals surface area contributed by atoms with E-state index in [1.165, 1.54) is 0 Å². The van der Waals surface area contributed by atoms with Gasteiger partial charge in [-0.1, -0.05) is 18.2 Å². The molecule has 1 saturated heterocycles. The summed E-state index contributed by atoms with van der Waals surface area (Å²) in [4.78, 5) is 19.3. The van der Waals surface area contributed by atoms with E-state index in [9.17, 15) is 9.90 Å². The Kier molecular flexibility index (Phi) is 5.43. The van der Waals surface area contributed by atoms with Gasteiger partial charge in [0.1, 0.15) is 0 Å². The van der Waals surface area contributed by atoms with Crippen LogP contribution in [-0.4, -0.2) is 53.2 Å². The number of fused-ring (bicyclic) bond motifs is 1. The van der Waals surface area contributed by atoms with Crippen LogP contribution in [0.3, 0.4) is 0 Å². The van der Waals surface area contributed by atoms with Crippen molar-refractivity contribution in [1.82, 2.24) is 15.2 Å². The van der Waals surface area contributed by atoms with Crippen molar-refractivity contribution in [2.75, 3.05) is 26.2 Å². The Morgan fingerprint density at radius 1 is 1.29 bits per heavy atom. The van der Waals surface area contributed by atoms with Crippen molar-refractivity contribution in [2.45, 2.75) is 32.3 Å².